The van der Waals surface area contributed by atoms with Crippen LogP contribution in [0.4, 0.5) is 0 Å². The molecule has 0 aromatic heterocycles. The van der Waals surface area contributed by atoms with Crippen molar-refractivity contribution in [2.75, 3.05) is 26.3 Å². The Balaban J connectivity index is 2.90. The van der Waals surface area contributed by atoms with Gasteiger partial charge in [0.2, 0.25) is 0 Å². The molecule has 0 aromatic carbocycles. The van der Waals surface area contributed by atoms with Crippen LogP contribution in [0.1, 0.15) is 26.2 Å². The van der Waals surface area contributed by atoms with Gasteiger partial charge in [0.1, 0.15) is 53.2 Å². The van der Waals surface area contributed by atoms with Crippen LogP contribution < -0.4 is 0 Å². The third-order valence-corrected chi connectivity index (χ3v) is 5.69. The van der Waals surface area contributed by atoms with Crippen molar-refractivity contribution in [3.63, 3.8) is 0 Å². The predicted octanol–water partition coefficient (Wildman–Crippen LogP) is -3.05. The minimum Gasteiger partial charge on any atom is -0.394 e. The molecular weight excluding hydrogens is 454 g/mol. The first-order valence-corrected chi connectivity index (χ1v) is 11.0. The van der Waals surface area contributed by atoms with E-state index in [1.54, 1.807) is 4.90 Å². The summed E-state index contributed by atoms with van der Waals surface area (Å²) in [6.07, 6.45) is -12.0. The highest BCUT2D eigenvalue weighted by Gasteiger charge is 2.46. The molecule has 31 heavy (non-hydrogen) atoms. The molecule has 0 aliphatic carbocycles. The Morgan fingerprint density at radius 1 is 1.06 bits per heavy atom. The second-order valence-corrected chi connectivity index (χ2v) is 8.65. The van der Waals surface area contributed by atoms with Crippen molar-refractivity contribution in [2.24, 2.45) is 0 Å². The van der Waals surface area contributed by atoms with Crippen LogP contribution >= 0.6 is 24.8 Å². The molecule has 1 aliphatic heterocycles. The third kappa shape index (κ3) is 8.28. The summed E-state index contributed by atoms with van der Waals surface area (Å²) in [5, 5.41) is 79.7. The molecule has 11 nitrogen and oxygen atoms in total. The summed E-state index contributed by atoms with van der Waals surface area (Å²) in [6, 6.07) is 0. The second-order valence-electron chi connectivity index (χ2n) is 7.54. The van der Waals surface area contributed by atoms with Gasteiger partial charge < -0.3 is 55.2 Å². The van der Waals surface area contributed by atoms with Crippen LogP contribution in [0.25, 0.3) is 0 Å². The Bertz CT molecular complexity index is 532. The molecule has 0 amide bonds. The van der Waals surface area contributed by atoms with Gasteiger partial charge in [-0.1, -0.05) is 32.0 Å². The van der Waals surface area contributed by atoms with Crippen molar-refractivity contribution in [3.05, 3.63) is 0 Å². The van der Waals surface area contributed by atoms with E-state index in [0.717, 1.165) is 19.3 Å². The zero-order valence-corrected chi connectivity index (χ0v) is 19.1. The van der Waals surface area contributed by atoms with E-state index >= 15 is 0 Å². The quantitative estimate of drug-likeness (QED) is 0.0725. The van der Waals surface area contributed by atoms with Gasteiger partial charge in [0.15, 0.2) is 6.29 Å². The monoisotopic (exact) mass is 489 g/mol. The minimum atomic E-state index is -1.79. The number of hydrogen-bond acceptors (Lipinski definition) is 11. The maximum atomic E-state index is 10.6. The van der Waals surface area contributed by atoms with Gasteiger partial charge in [-0.15, -0.1) is 12.6 Å². The van der Waals surface area contributed by atoms with Gasteiger partial charge in [0.05, 0.1) is 13.2 Å². The predicted molar refractivity (Wildman–Crippen MR) is 116 cm³/mol. The zero-order valence-electron chi connectivity index (χ0n) is 17.3. The Hall–Kier alpha value is -0.160. The minimum absolute atomic E-state index is 0.139. The van der Waals surface area contributed by atoms with Crippen LogP contribution in [-0.2, 0) is 9.47 Å². The van der Waals surface area contributed by atoms with Gasteiger partial charge in [0.25, 0.3) is 0 Å². The van der Waals surface area contributed by atoms with Crippen LogP contribution in [0.3, 0.4) is 0 Å². The molecule has 0 saturated carbocycles. The van der Waals surface area contributed by atoms with Crippen LogP contribution in [0, 0.1) is 0 Å². The first-order valence-electron chi connectivity index (χ1n) is 10.2. The molecule has 1 rings (SSSR count). The molecule has 1 heterocycles. The van der Waals surface area contributed by atoms with Crippen LogP contribution in [-0.4, -0.2) is 131 Å². The number of thiocarbonyl (C=S) groups is 1. The van der Waals surface area contributed by atoms with E-state index in [0.29, 0.717) is 6.54 Å². The molecule has 0 unspecified atom stereocenters. The SMILES string of the molecule is CCCCCN(C[C@H](O)[C@@H](O)[C@H](O[C@@H]1O[C@H](CO)[C@H](O)[C@H](O)[C@H]1O)[C@H](O)CO)C(=S)S. The van der Waals surface area contributed by atoms with Gasteiger partial charge >= 0.3 is 0 Å². The van der Waals surface area contributed by atoms with E-state index in [-0.39, 0.29) is 10.9 Å². The van der Waals surface area contributed by atoms with E-state index in [2.05, 4.69) is 12.6 Å². The van der Waals surface area contributed by atoms with E-state index in [4.69, 9.17) is 21.7 Å². The van der Waals surface area contributed by atoms with E-state index in [1.807, 2.05) is 6.92 Å². The highest BCUT2D eigenvalue weighted by Crippen LogP contribution is 2.25. The zero-order chi connectivity index (χ0) is 23.7. The maximum absolute atomic E-state index is 10.6. The molecule has 0 spiro atoms. The van der Waals surface area contributed by atoms with Crippen molar-refractivity contribution in [1.82, 2.24) is 4.90 Å². The topological polar surface area (TPSA) is 184 Å². The molecule has 1 saturated heterocycles. The van der Waals surface area contributed by atoms with Crippen molar-refractivity contribution < 1.29 is 50.3 Å². The standard InChI is InChI=1S/C18H35NO10S2/c1-2-3-4-5-19(18(30)31)6-9(22)12(24)16(10(23)7-20)29-17-15(27)14(26)13(25)11(8-21)28-17/h9-17,20-27H,2-8H2,1H3,(H,30,31)/t9-,10+,11+,12+,13-,14-,15+,16+,17-/m0/s1. The summed E-state index contributed by atoms with van der Waals surface area (Å²) in [6.45, 7) is 0.826. The summed E-state index contributed by atoms with van der Waals surface area (Å²) in [5.41, 5.74) is 0. The van der Waals surface area contributed by atoms with Crippen LogP contribution in [0.2, 0.25) is 0 Å². The molecule has 13 heteroatoms. The third-order valence-electron chi connectivity index (χ3n) is 5.15. The average molecular weight is 490 g/mol. The van der Waals surface area contributed by atoms with E-state index < -0.39 is 68.3 Å². The lowest BCUT2D eigenvalue weighted by Crippen LogP contribution is -2.61. The largest absolute Gasteiger partial charge is 0.394 e. The molecule has 8 N–H and O–H groups in total. The number of thiol groups is 1. The molecule has 1 fully saturated rings. The van der Waals surface area contributed by atoms with Crippen molar-refractivity contribution in [3.8, 4) is 0 Å². The number of unbranched alkanes of at least 4 members (excludes halogenated alkanes) is 2. The first kappa shape index (κ1) is 28.9. The highest BCUT2D eigenvalue weighted by molar-refractivity contribution is 8.10. The Morgan fingerprint density at radius 2 is 1.71 bits per heavy atom. The van der Waals surface area contributed by atoms with Gasteiger partial charge in [-0.3, -0.25) is 0 Å². The molecular formula is C18H35NO10S2. The van der Waals surface area contributed by atoms with Crippen LogP contribution in [0.5, 0.6) is 0 Å². The highest BCUT2D eigenvalue weighted by atomic mass is 32.1. The number of aliphatic hydroxyl groups excluding tert-OH is 8. The summed E-state index contributed by atoms with van der Waals surface area (Å²) < 4.78 is 10.8. The van der Waals surface area contributed by atoms with Crippen molar-refractivity contribution >= 4 is 29.2 Å². The summed E-state index contributed by atoms with van der Waals surface area (Å²) in [5.74, 6) is 0. The lowest BCUT2D eigenvalue weighted by Gasteiger charge is -2.42. The summed E-state index contributed by atoms with van der Waals surface area (Å²) >= 11 is 9.18. The number of aliphatic hydroxyl groups is 8. The maximum Gasteiger partial charge on any atom is 0.187 e. The Kier molecular flexibility index (Phi) is 13.2. The molecule has 1 aliphatic rings. The van der Waals surface area contributed by atoms with Gasteiger partial charge in [-0.25, -0.2) is 0 Å². The number of nitrogens with zero attached hydrogens (tertiary/aromatic N) is 1. The van der Waals surface area contributed by atoms with E-state index in [9.17, 15) is 40.9 Å². The van der Waals surface area contributed by atoms with Crippen LogP contribution in [0.15, 0.2) is 0 Å². The molecule has 184 valence electrons. The summed E-state index contributed by atoms with van der Waals surface area (Å²) in [4.78, 5) is 1.57. The molecule has 0 bridgehead atoms. The lowest BCUT2D eigenvalue weighted by molar-refractivity contribution is -0.327. The molecule has 9 atom stereocenters. The first-order chi connectivity index (χ1) is 14.6. The summed E-state index contributed by atoms with van der Waals surface area (Å²) in [7, 11) is 0. The fraction of sp³-hybridized carbons (Fsp3) is 0.944. The second kappa shape index (κ2) is 14.2. The van der Waals surface area contributed by atoms with Crippen molar-refractivity contribution in [1.29, 1.82) is 0 Å². The van der Waals surface area contributed by atoms with Gasteiger partial charge in [0, 0.05) is 13.1 Å². The Morgan fingerprint density at radius 3 is 2.23 bits per heavy atom. The lowest BCUT2D eigenvalue weighted by atomic mass is 9.98. The Labute approximate surface area is 192 Å². The van der Waals surface area contributed by atoms with Gasteiger partial charge in [-0.05, 0) is 6.42 Å². The average Bonchev–Trinajstić information content (AvgIpc) is 2.75. The smallest absolute Gasteiger partial charge is 0.187 e. The number of hydrogen-bond donors (Lipinski definition) is 9. The molecule has 0 radical (unpaired) electrons. The number of ether oxygens (including phenoxy) is 2. The normalized spacial score (nSPS) is 30.5. The van der Waals surface area contributed by atoms with Gasteiger partial charge in [-0.2, -0.15) is 0 Å². The van der Waals surface area contributed by atoms with E-state index in [1.165, 1.54) is 0 Å². The fourth-order valence-electron chi connectivity index (χ4n) is 3.21. The van der Waals surface area contributed by atoms with Crippen molar-refractivity contribution in [2.45, 2.75) is 81.3 Å². The number of rotatable bonds is 13. The molecule has 0 aromatic rings. The fourth-order valence-corrected chi connectivity index (χ4v) is 3.56.